The highest BCUT2D eigenvalue weighted by Crippen LogP contribution is 2.40. The monoisotopic (exact) mass is 475 g/mol. The minimum atomic E-state index is -1.54. The number of carbonyl (C=O) groups is 1. The van der Waals surface area contributed by atoms with Crippen molar-refractivity contribution in [2.24, 2.45) is 4.99 Å². The van der Waals surface area contributed by atoms with Gasteiger partial charge in [-0.1, -0.05) is 19.3 Å². The van der Waals surface area contributed by atoms with Crippen LogP contribution in [0.2, 0.25) is 0 Å². The second kappa shape index (κ2) is 9.85. The van der Waals surface area contributed by atoms with Crippen molar-refractivity contribution in [1.82, 2.24) is 14.6 Å². The third-order valence-corrected chi connectivity index (χ3v) is 6.80. The molecule has 2 fully saturated rings. The van der Waals surface area contributed by atoms with Crippen LogP contribution in [0.1, 0.15) is 57.6 Å². The highest BCUT2D eigenvalue weighted by molar-refractivity contribution is 5.75. The minimum Gasteiger partial charge on any atom is -0.431 e. The second-order valence-corrected chi connectivity index (χ2v) is 9.31. The zero-order valence-corrected chi connectivity index (χ0v) is 19.6. The fraction of sp³-hybridized carbons (Fsp3) is 0.652. The molecule has 1 saturated carbocycles. The summed E-state index contributed by atoms with van der Waals surface area (Å²) in [4.78, 5) is 20.5. The lowest BCUT2D eigenvalue weighted by Crippen LogP contribution is -2.43. The Hall–Kier alpha value is -2.76. The Balaban J connectivity index is 1.49. The molecule has 4 atom stereocenters. The van der Waals surface area contributed by atoms with Gasteiger partial charge < -0.3 is 30.2 Å². The van der Waals surface area contributed by atoms with E-state index in [1.807, 2.05) is 6.92 Å². The third-order valence-electron chi connectivity index (χ3n) is 6.80. The molecule has 0 spiro atoms. The van der Waals surface area contributed by atoms with Crippen LogP contribution in [0.15, 0.2) is 23.5 Å². The molecule has 4 N–H and O–H groups in total. The average Bonchev–Trinajstić information content (AvgIpc) is 3.33. The standard InChI is InChI=1S/C23H33N5O6/c1-22(10-6-4-3-5-7-11-22)34-21(31)32-12-16-18(29)19(30)23(33-16,13-25-2)17-9-8-15-20(24)26-14-27-28(15)17/h8-9,13-14,16,18-19,29-30H,3-7,10-12H2,1-2H3,(H2,24,26,27)/t16-,18-,19-,23+/m1/s1. The molecule has 34 heavy (non-hydrogen) atoms. The molecule has 11 nitrogen and oxygen atoms in total. The molecule has 11 heteroatoms. The first kappa shape index (κ1) is 24.4. The summed E-state index contributed by atoms with van der Waals surface area (Å²) in [6.45, 7) is 1.63. The lowest BCUT2D eigenvalue weighted by atomic mass is 9.88. The first-order chi connectivity index (χ1) is 16.3. The number of ether oxygens (including phenoxy) is 3. The Kier molecular flexibility index (Phi) is 7.06. The van der Waals surface area contributed by atoms with Gasteiger partial charge in [0.1, 0.15) is 42.4 Å². The first-order valence-electron chi connectivity index (χ1n) is 11.7. The number of nitrogens with two attached hydrogens (primary N) is 1. The van der Waals surface area contributed by atoms with E-state index in [0.29, 0.717) is 11.2 Å². The van der Waals surface area contributed by atoms with Gasteiger partial charge in [0.2, 0.25) is 0 Å². The summed E-state index contributed by atoms with van der Waals surface area (Å²) in [5, 5.41) is 26.0. The molecule has 0 radical (unpaired) electrons. The maximum Gasteiger partial charge on any atom is 0.508 e. The van der Waals surface area contributed by atoms with Gasteiger partial charge in [-0.2, -0.15) is 5.10 Å². The number of carbonyl (C=O) groups excluding carboxylic acids is 1. The van der Waals surface area contributed by atoms with Crippen LogP contribution >= 0.6 is 0 Å². The minimum absolute atomic E-state index is 0.253. The van der Waals surface area contributed by atoms with E-state index in [4.69, 9.17) is 19.9 Å². The molecule has 0 unspecified atom stereocenters. The zero-order chi connectivity index (χ0) is 24.3. The molecule has 2 aromatic rings. The maximum atomic E-state index is 12.5. The van der Waals surface area contributed by atoms with Gasteiger partial charge in [0.15, 0.2) is 11.4 Å². The Morgan fingerprint density at radius 2 is 2.00 bits per heavy atom. The predicted octanol–water partition coefficient (Wildman–Crippen LogP) is 1.98. The number of aromatic nitrogens is 3. The summed E-state index contributed by atoms with van der Waals surface area (Å²) in [6.07, 6.45) is 5.11. The van der Waals surface area contributed by atoms with Crippen LogP contribution < -0.4 is 5.73 Å². The van der Waals surface area contributed by atoms with Gasteiger partial charge in [0.05, 0.1) is 5.69 Å². The molecule has 186 valence electrons. The van der Waals surface area contributed by atoms with Crippen molar-refractivity contribution in [3.63, 3.8) is 0 Å². The second-order valence-electron chi connectivity index (χ2n) is 9.31. The van der Waals surface area contributed by atoms with Gasteiger partial charge in [-0.25, -0.2) is 14.3 Å². The number of nitrogens with zero attached hydrogens (tertiary/aromatic N) is 4. The predicted molar refractivity (Wildman–Crippen MR) is 124 cm³/mol. The van der Waals surface area contributed by atoms with Crippen molar-refractivity contribution in [1.29, 1.82) is 0 Å². The lowest BCUT2D eigenvalue weighted by molar-refractivity contribution is -0.0801. The first-order valence-corrected chi connectivity index (χ1v) is 11.7. The number of aliphatic hydroxyl groups excluding tert-OH is 2. The fourth-order valence-electron chi connectivity index (χ4n) is 4.94. The molecule has 0 aromatic carbocycles. The number of fused-ring (bicyclic) bond motifs is 1. The fourth-order valence-corrected chi connectivity index (χ4v) is 4.94. The smallest absolute Gasteiger partial charge is 0.431 e. The van der Waals surface area contributed by atoms with E-state index in [2.05, 4.69) is 15.1 Å². The van der Waals surface area contributed by atoms with Crippen LogP contribution in [-0.2, 0) is 19.8 Å². The molecule has 3 heterocycles. The van der Waals surface area contributed by atoms with E-state index in [1.54, 1.807) is 12.1 Å². The number of nitrogen functional groups attached to an aromatic ring is 1. The van der Waals surface area contributed by atoms with Crippen LogP contribution in [0.3, 0.4) is 0 Å². The van der Waals surface area contributed by atoms with Gasteiger partial charge in [-0.05, 0) is 44.7 Å². The summed E-state index contributed by atoms with van der Waals surface area (Å²) in [6, 6.07) is 3.36. The van der Waals surface area contributed by atoms with E-state index in [1.165, 1.54) is 30.5 Å². The van der Waals surface area contributed by atoms with E-state index in [9.17, 15) is 15.0 Å². The molecule has 1 saturated heterocycles. The maximum absolute atomic E-state index is 12.5. The highest BCUT2D eigenvalue weighted by atomic mass is 16.7. The highest BCUT2D eigenvalue weighted by Gasteiger charge is 2.56. The number of aliphatic imine (C=N–C) groups is 1. The van der Waals surface area contributed by atoms with Crippen molar-refractivity contribution in [3.8, 4) is 0 Å². The molecular weight excluding hydrogens is 442 g/mol. The number of aliphatic hydroxyl groups is 2. The van der Waals surface area contributed by atoms with E-state index in [0.717, 1.165) is 38.5 Å². The summed E-state index contributed by atoms with van der Waals surface area (Å²) in [5.41, 5.74) is 4.74. The van der Waals surface area contributed by atoms with Crippen LogP contribution in [0, 0.1) is 0 Å². The van der Waals surface area contributed by atoms with Gasteiger partial charge >= 0.3 is 6.16 Å². The van der Waals surface area contributed by atoms with Crippen molar-refractivity contribution in [2.45, 2.75) is 81.4 Å². The van der Waals surface area contributed by atoms with Gasteiger partial charge in [0.25, 0.3) is 0 Å². The van der Waals surface area contributed by atoms with Crippen LogP contribution in [0.5, 0.6) is 0 Å². The molecule has 1 aliphatic carbocycles. The average molecular weight is 476 g/mol. The van der Waals surface area contributed by atoms with E-state index in [-0.39, 0.29) is 12.4 Å². The van der Waals surface area contributed by atoms with Crippen LogP contribution in [0.25, 0.3) is 5.52 Å². The Morgan fingerprint density at radius 1 is 1.29 bits per heavy atom. The van der Waals surface area contributed by atoms with Crippen molar-refractivity contribution in [2.75, 3.05) is 19.4 Å². The number of anilines is 1. The molecule has 1 aliphatic heterocycles. The number of rotatable bonds is 5. The number of hydrogen-bond acceptors (Lipinski definition) is 10. The largest absolute Gasteiger partial charge is 0.508 e. The molecule has 4 rings (SSSR count). The zero-order valence-electron chi connectivity index (χ0n) is 19.6. The third kappa shape index (κ3) is 4.59. The van der Waals surface area contributed by atoms with Crippen LogP contribution in [-0.4, -0.2) is 74.7 Å². The summed E-state index contributed by atoms with van der Waals surface area (Å²) < 4.78 is 18.6. The lowest BCUT2D eigenvalue weighted by Gasteiger charge is -2.31. The molecule has 2 aromatic heterocycles. The van der Waals surface area contributed by atoms with E-state index < -0.39 is 35.7 Å². The summed E-state index contributed by atoms with van der Waals surface area (Å²) in [7, 11) is 1.53. The van der Waals surface area contributed by atoms with Crippen LogP contribution in [0.4, 0.5) is 10.6 Å². The van der Waals surface area contributed by atoms with Crippen molar-refractivity contribution < 1.29 is 29.2 Å². The molecule has 0 bridgehead atoms. The van der Waals surface area contributed by atoms with Crippen molar-refractivity contribution >= 4 is 23.7 Å². The van der Waals surface area contributed by atoms with Gasteiger partial charge in [-0.3, -0.25) is 4.99 Å². The number of hydrogen-bond donors (Lipinski definition) is 3. The topological polar surface area (TPSA) is 154 Å². The molecular formula is C23H33N5O6. The Morgan fingerprint density at radius 3 is 2.71 bits per heavy atom. The normalized spacial score (nSPS) is 29.7. The Bertz CT molecular complexity index is 1030. The van der Waals surface area contributed by atoms with Gasteiger partial charge in [-0.15, -0.1) is 0 Å². The Labute approximate surface area is 197 Å². The quantitative estimate of drug-likeness (QED) is 0.435. The molecule has 2 aliphatic rings. The summed E-state index contributed by atoms with van der Waals surface area (Å²) in [5.74, 6) is 0.253. The summed E-state index contributed by atoms with van der Waals surface area (Å²) >= 11 is 0. The molecule has 0 amide bonds. The van der Waals surface area contributed by atoms with Crippen molar-refractivity contribution in [3.05, 3.63) is 24.2 Å². The SMILES string of the molecule is CN=C[C@@]1(c2ccc3c(N)ncnn23)O[C@H](COC(=O)OC2(C)CCCCCCC2)[C@@H](O)[C@H]1O. The van der Waals surface area contributed by atoms with E-state index >= 15 is 0 Å². The van der Waals surface area contributed by atoms with Gasteiger partial charge in [0, 0.05) is 13.3 Å².